The Bertz CT molecular complexity index is 368. The molecule has 0 saturated carbocycles. The second kappa shape index (κ2) is 5.84. The summed E-state index contributed by atoms with van der Waals surface area (Å²) < 4.78 is 10.2. The maximum atomic E-state index is 10.8. The molecule has 1 aliphatic rings. The molecular weight excluding hydrogens is 222 g/mol. The van der Waals surface area contributed by atoms with E-state index in [0.717, 1.165) is 32.6 Å². The van der Waals surface area contributed by atoms with E-state index in [9.17, 15) is 4.79 Å². The first-order chi connectivity index (χ1) is 8.27. The molecule has 5 heteroatoms. The Labute approximate surface area is 99.8 Å². The predicted molar refractivity (Wildman–Crippen MR) is 60.9 cm³/mol. The molecule has 0 amide bonds. The molecule has 2 rings (SSSR count). The highest BCUT2D eigenvalue weighted by Crippen LogP contribution is 2.15. The lowest BCUT2D eigenvalue weighted by Crippen LogP contribution is -2.18. The molecule has 1 aromatic heterocycles. The fraction of sp³-hybridized carbons (Fsp3) is 0.583. The van der Waals surface area contributed by atoms with E-state index in [1.54, 1.807) is 6.07 Å². The molecule has 2 heterocycles. The van der Waals surface area contributed by atoms with E-state index >= 15 is 0 Å². The summed E-state index contributed by atoms with van der Waals surface area (Å²) in [6, 6.07) is 1.69. The highest BCUT2D eigenvalue weighted by atomic mass is 16.5. The normalized spacial score (nSPS) is 19.6. The van der Waals surface area contributed by atoms with Crippen LogP contribution in [0.25, 0.3) is 0 Å². The highest BCUT2D eigenvalue weighted by Gasteiger charge is 2.16. The molecule has 0 radical (unpaired) electrons. The number of aromatic carboxylic acids is 1. The minimum Gasteiger partial charge on any atom is -0.475 e. The number of nitrogens with one attached hydrogen (secondary N) is 1. The van der Waals surface area contributed by atoms with Gasteiger partial charge in [-0.2, -0.15) is 0 Å². The third kappa shape index (κ3) is 3.31. The van der Waals surface area contributed by atoms with Crippen molar-refractivity contribution in [2.45, 2.75) is 19.4 Å². The fourth-order valence-electron chi connectivity index (χ4n) is 2.00. The van der Waals surface area contributed by atoms with E-state index in [2.05, 4.69) is 5.32 Å². The Kier molecular flexibility index (Phi) is 4.17. The number of carboxylic acids is 1. The van der Waals surface area contributed by atoms with Crippen LogP contribution < -0.4 is 5.32 Å². The average Bonchev–Trinajstić information content (AvgIpc) is 2.95. The van der Waals surface area contributed by atoms with Crippen LogP contribution in [0, 0.1) is 5.92 Å². The molecule has 1 aromatic rings. The van der Waals surface area contributed by atoms with Gasteiger partial charge in [0.05, 0.1) is 6.26 Å². The van der Waals surface area contributed by atoms with Crippen molar-refractivity contribution in [3.63, 3.8) is 0 Å². The number of carboxylic acid groups (broad SMARTS) is 1. The molecule has 1 unspecified atom stereocenters. The van der Waals surface area contributed by atoms with Crippen molar-refractivity contribution in [2.75, 3.05) is 19.8 Å². The number of hydrogen-bond acceptors (Lipinski definition) is 4. The molecule has 94 valence electrons. The molecule has 0 aromatic carbocycles. The molecular formula is C12H17NO4. The van der Waals surface area contributed by atoms with E-state index in [-0.39, 0.29) is 5.76 Å². The summed E-state index contributed by atoms with van der Waals surface area (Å²) in [5.41, 5.74) is 0.695. The van der Waals surface area contributed by atoms with Gasteiger partial charge in [-0.25, -0.2) is 4.79 Å². The summed E-state index contributed by atoms with van der Waals surface area (Å²) in [4.78, 5) is 10.8. The van der Waals surface area contributed by atoms with Crippen LogP contribution in [0.1, 0.15) is 29.0 Å². The van der Waals surface area contributed by atoms with Gasteiger partial charge in [0.1, 0.15) is 0 Å². The second-order valence-corrected chi connectivity index (χ2v) is 4.28. The first-order valence-electron chi connectivity index (χ1n) is 5.85. The van der Waals surface area contributed by atoms with Gasteiger partial charge in [0, 0.05) is 25.3 Å². The van der Waals surface area contributed by atoms with Gasteiger partial charge < -0.3 is 19.6 Å². The molecule has 0 spiro atoms. The third-order valence-corrected chi connectivity index (χ3v) is 3.01. The molecule has 0 bridgehead atoms. The molecule has 0 aliphatic carbocycles. The van der Waals surface area contributed by atoms with Crippen molar-refractivity contribution in [3.8, 4) is 0 Å². The molecule has 5 nitrogen and oxygen atoms in total. The van der Waals surface area contributed by atoms with Crippen molar-refractivity contribution >= 4 is 5.97 Å². The molecule has 1 fully saturated rings. The highest BCUT2D eigenvalue weighted by molar-refractivity contribution is 5.86. The van der Waals surface area contributed by atoms with Crippen molar-refractivity contribution in [1.29, 1.82) is 0 Å². The minimum absolute atomic E-state index is 0.0294. The lowest BCUT2D eigenvalue weighted by Gasteiger charge is -2.08. The molecule has 17 heavy (non-hydrogen) atoms. The Hall–Kier alpha value is -1.33. The van der Waals surface area contributed by atoms with Crippen LogP contribution in [0.15, 0.2) is 16.7 Å². The molecule has 1 atom stereocenters. The number of hydrogen-bond donors (Lipinski definition) is 2. The zero-order valence-corrected chi connectivity index (χ0v) is 9.65. The fourth-order valence-corrected chi connectivity index (χ4v) is 2.00. The lowest BCUT2D eigenvalue weighted by molar-refractivity contribution is 0.0660. The van der Waals surface area contributed by atoms with E-state index < -0.39 is 5.97 Å². The Balaban J connectivity index is 1.70. The minimum atomic E-state index is -1.02. The quantitative estimate of drug-likeness (QED) is 0.736. The van der Waals surface area contributed by atoms with Gasteiger partial charge in [-0.1, -0.05) is 0 Å². The second-order valence-electron chi connectivity index (χ2n) is 4.28. The van der Waals surface area contributed by atoms with Crippen LogP contribution in [-0.4, -0.2) is 30.8 Å². The van der Waals surface area contributed by atoms with E-state index in [1.165, 1.54) is 6.26 Å². The first kappa shape index (κ1) is 12.1. The summed E-state index contributed by atoms with van der Waals surface area (Å²) in [5, 5.41) is 12.1. The number of ether oxygens (including phenoxy) is 1. The SMILES string of the molecule is O=C(O)c1occc1CNCCC1CCOC1. The van der Waals surface area contributed by atoms with E-state index in [4.69, 9.17) is 14.3 Å². The van der Waals surface area contributed by atoms with Crippen molar-refractivity contribution in [2.24, 2.45) is 5.92 Å². The summed E-state index contributed by atoms with van der Waals surface area (Å²) >= 11 is 0. The molecule has 1 aliphatic heterocycles. The van der Waals surface area contributed by atoms with E-state index in [1.807, 2.05) is 0 Å². The number of rotatable bonds is 6. The number of furan rings is 1. The average molecular weight is 239 g/mol. The monoisotopic (exact) mass is 239 g/mol. The third-order valence-electron chi connectivity index (χ3n) is 3.01. The van der Waals surface area contributed by atoms with Crippen LogP contribution in [0.2, 0.25) is 0 Å². The Morgan fingerprint density at radius 3 is 3.18 bits per heavy atom. The molecule has 2 N–H and O–H groups in total. The molecule has 1 saturated heterocycles. The zero-order valence-electron chi connectivity index (χ0n) is 9.65. The smallest absolute Gasteiger partial charge is 0.372 e. The maximum Gasteiger partial charge on any atom is 0.372 e. The predicted octanol–water partition coefficient (Wildman–Crippen LogP) is 1.49. The first-order valence-corrected chi connectivity index (χ1v) is 5.85. The maximum absolute atomic E-state index is 10.8. The number of carbonyl (C=O) groups is 1. The van der Waals surface area contributed by atoms with Gasteiger partial charge in [-0.15, -0.1) is 0 Å². The van der Waals surface area contributed by atoms with Crippen LogP contribution in [0.3, 0.4) is 0 Å². The van der Waals surface area contributed by atoms with E-state index in [0.29, 0.717) is 18.0 Å². The van der Waals surface area contributed by atoms with Gasteiger partial charge in [-0.3, -0.25) is 0 Å². The van der Waals surface area contributed by atoms with Gasteiger partial charge in [0.25, 0.3) is 0 Å². The standard InChI is InChI=1S/C12H17NO4/c14-12(15)11-10(3-6-17-11)7-13-4-1-9-2-5-16-8-9/h3,6,9,13H,1-2,4-5,7-8H2,(H,14,15). The van der Waals surface area contributed by atoms with Gasteiger partial charge in [0.15, 0.2) is 0 Å². The summed E-state index contributed by atoms with van der Waals surface area (Å²) in [7, 11) is 0. The Morgan fingerprint density at radius 1 is 1.59 bits per heavy atom. The topological polar surface area (TPSA) is 71.7 Å². The summed E-state index contributed by atoms with van der Waals surface area (Å²) in [6.45, 7) is 3.13. The van der Waals surface area contributed by atoms with Crippen LogP contribution >= 0.6 is 0 Å². The van der Waals surface area contributed by atoms with Gasteiger partial charge >= 0.3 is 5.97 Å². The summed E-state index contributed by atoms with van der Waals surface area (Å²) in [6.07, 6.45) is 3.61. The largest absolute Gasteiger partial charge is 0.475 e. The van der Waals surface area contributed by atoms with Gasteiger partial charge in [-0.05, 0) is 31.4 Å². The van der Waals surface area contributed by atoms with Crippen molar-refractivity contribution < 1.29 is 19.1 Å². The van der Waals surface area contributed by atoms with Crippen LogP contribution in [-0.2, 0) is 11.3 Å². The Morgan fingerprint density at radius 2 is 2.47 bits per heavy atom. The van der Waals surface area contributed by atoms with Gasteiger partial charge in [0.2, 0.25) is 5.76 Å². The van der Waals surface area contributed by atoms with Crippen molar-refractivity contribution in [1.82, 2.24) is 5.32 Å². The summed E-state index contributed by atoms with van der Waals surface area (Å²) in [5.74, 6) is -0.344. The zero-order chi connectivity index (χ0) is 12.1. The van der Waals surface area contributed by atoms with Crippen molar-refractivity contribution in [3.05, 3.63) is 23.7 Å². The van der Waals surface area contributed by atoms with Crippen LogP contribution in [0.5, 0.6) is 0 Å². The lowest BCUT2D eigenvalue weighted by atomic mass is 10.1. The van der Waals surface area contributed by atoms with Crippen LogP contribution in [0.4, 0.5) is 0 Å².